The number of carbonyl (C=O) groups excluding carboxylic acids is 1. The molecular weight excluding hydrogens is 308 g/mol. The Morgan fingerprint density at radius 3 is 3.04 bits per heavy atom. The number of rotatable bonds is 5. The number of benzene rings is 1. The molecule has 0 unspecified atom stereocenters. The van der Waals surface area contributed by atoms with Crippen LogP contribution < -0.4 is 10.1 Å². The first kappa shape index (κ1) is 16.6. The van der Waals surface area contributed by atoms with Crippen LogP contribution in [-0.2, 0) is 4.74 Å². The lowest BCUT2D eigenvalue weighted by atomic mass is 10.2. The van der Waals surface area contributed by atoms with Crippen LogP contribution in [0.3, 0.4) is 0 Å². The Hall–Kier alpha value is -2.21. The minimum Gasteiger partial charge on any atom is -0.493 e. The van der Waals surface area contributed by atoms with E-state index in [2.05, 4.69) is 5.32 Å². The number of amides is 2. The van der Waals surface area contributed by atoms with Crippen LogP contribution in [0.5, 0.6) is 5.75 Å². The number of nitrogens with one attached hydrogen (secondary N) is 1. The van der Waals surface area contributed by atoms with E-state index in [4.69, 9.17) is 13.9 Å². The molecule has 0 saturated carbocycles. The molecule has 6 heteroatoms. The van der Waals surface area contributed by atoms with Crippen LogP contribution in [0, 0.1) is 0 Å². The molecule has 1 aromatic heterocycles. The zero-order chi connectivity index (χ0) is 17.1. The number of furan rings is 1. The van der Waals surface area contributed by atoms with E-state index in [0.29, 0.717) is 23.6 Å². The Morgan fingerprint density at radius 1 is 1.50 bits per heavy atom. The lowest BCUT2D eigenvalue weighted by Gasteiger charge is -2.23. The maximum Gasteiger partial charge on any atom is 0.317 e. The maximum atomic E-state index is 12.3. The second-order valence-corrected chi connectivity index (χ2v) is 6.21. The summed E-state index contributed by atoms with van der Waals surface area (Å²) < 4.78 is 16.8. The molecule has 1 aliphatic rings. The zero-order valence-electron chi connectivity index (χ0n) is 14.4. The minimum absolute atomic E-state index is 0.134. The van der Waals surface area contributed by atoms with E-state index < -0.39 is 0 Å². The molecule has 1 N–H and O–H groups in total. The van der Waals surface area contributed by atoms with Gasteiger partial charge in [-0.15, -0.1) is 0 Å². The van der Waals surface area contributed by atoms with Gasteiger partial charge in [-0.05, 0) is 31.9 Å². The third-order valence-electron chi connectivity index (χ3n) is 4.36. The number of hydrogen-bond acceptors (Lipinski definition) is 4. The summed E-state index contributed by atoms with van der Waals surface area (Å²) in [7, 11) is 3.40. The molecular formula is C18H24N2O4. The lowest BCUT2D eigenvalue weighted by Crippen LogP contribution is -2.42. The average Bonchev–Trinajstić information content (AvgIpc) is 3.23. The molecule has 1 aliphatic heterocycles. The van der Waals surface area contributed by atoms with Gasteiger partial charge >= 0.3 is 6.03 Å². The first-order chi connectivity index (χ1) is 11.6. The van der Waals surface area contributed by atoms with Crippen molar-refractivity contribution < 1.29 is 18.7 Å². The largest absolute Gasteiger partial charge is 0.493 e. The molecule has 3 rings (SSSR count). The molecule has 1 fully saturated rings. The van der Waals surface area contributed by atoms with Gasteiger partial charge in [0.1, 0.15) is 5.76 Å². The van der Waals surface area contributed by atoms with Crippen LogP contribution in [0.2, 0.25) is 0 Å². The normalized spacial score (nSPS) is 18.5. The first-order valence-corrected chi connectivity index (χ1v) is 8.28. The smallest absolute Gasteiger partial charge is 0.317 e. The summed E-state index contributed by atoms with van der Waals surface area (Å²) in [6.45, 7) is 3.30. The highest BCUT2D eigenvalue weighted by atomic mass is 16.5. The van der Waals surface area contributed by atoms with Crippen molar-refractivity contribution in [3.8, 4) is 5.75 Å². The standard InChI is InChI=1S/C18H24N2O4/c1-12(19-18(21)20(2)11-14-7-5-9-23-14)16-10-13-6-4-8-15(22-3)17(13)24-16/h4,6,8,10,12,14H,5,7,9,11H2,1-3H3,(H,19,21)/t12-,14-/m1/s1. The lowest BCUT2D eigenvalue weighted by molar-refractivity contribution is 0.0869. The van der Waals surface area contributed by atoms with Crippen LogP contribution in [0.1, 0.15) is 31.6 Å². The number of ether oxygens (including phenoxy) is 2. The summed E-state index contributed by atoms with van der Waals surface area (Å²) in [5, 5.41) is 3.92. The quantitative estimate of drug-likeness (QED) is 0.912. The van der Waals surface area contributed by atoms with E-state index in [9.17, 15) is 4.79 Å². The van der Waals surface area contributed by atoms with Crippen molar-refractivity contribution >= 4 is 17.0 Å². The Labute approximate surface area is 141 Å². The second-order valence-electron chi connectivity index (χ2n) is 6.21. The van der Waals surface area contributed by atoms with Crippen LogP contribution in [0.15, 0.2) is 28.7 Å². The van der Waals surface area contributed by atoms with Crippen LogP contribution in [-0.4, -0.2) is 44.3 Å². The number of carbonyl (C=O) groups is 1. The van der Waals surface area contributed by atoms with E-state index in [-0.39, 0.29) is 18.2 Å². The first-order valence-electron chi connectivity index (χ1n) is 8.28. The molecule has 0 aliphatic carbocycles. The molecule has 1 saturated heterocycles. The van der Waals surface area contributed by atoms with Gasteiger partial charge in [0.15, 0.2) is 11.3 Å². The van der Waals surface area contributed by atoms with Gasteiger partial charge in [0.05, 0.1) is 19.3 Å². The number of likely N-dealkylation sites (N-methyl/N-ethyl adjacent to an activating group) is 1. The third-order valence-corrected chi connectivity index (χ3v) is 4.36. The Balaban J connectivity index is 1.65. The van der Waals surface area contributed by atoms with Gasteiger partial charge in [-0.2, -0.15) is 0 Å². The molecule has 0 radical (unpaired) electrons. The number of urea groups is 1. The van der Waals surface area contributed by atoms with Gasteiger partial charge in [-0.25, -0.2) is 4.79 Å². The Bertz CT molecular complexity index is 706. The highest BCUT2D eigenvalue weighted by molar-refractivity contribution is 5.84. The van der Waals surface area contributed by atoms with Gasteiger partial charge in [0.25, 0.3) is 0 Å². The van der Waals surface area contributed by atoms with E-state index in [1.165, 1.54) is 0 Å². The molecule has 0 spiro atoms. The molecule has 24 heavy (non-hydrogen) atoms. The highest BCUT2D eigenvalue weighted by Gasteiger charge is 2.22. The topological polar surface area (TPSA) is 63.9 Å². The fraction of sp³-hybridized carbons (Fsp3) is 0.500. The highest BCUT2D eigenvalue weighted by Crippen LogP contribution is 2.30. The third kappa shape index (κ3) is 3.48. The van der Waals surface area contributed by atoms with Crippen LogP contribution >= 0.6 is 0 Å². The number of nitrogens with zero attached hydrogens (tertiary/aromatic N) is 1. The van der Waals surface area contributed by atoms with Crippen molar-refractivity contribution in [2.45, 2.75) is 31.9 Å². The molecule has 0 bridgehead atoms. The monoisotopic (exact) mass is 332 g/mol. The summed E-state index contributed by atoms with van der Waals surface area (Å²) in [6.07, 6.45) is 2.22. The fourth-order valence-corrected chi connectivity index (χ4v) is 2.97. The predicted molar refractivity (Wildman–Crippen MR) is 91.3 cm³/mol. The Kier molecular flexibility index (Phi) is 4.94. The van der Waals surface area contributed by atoms with Crippen molar-refractivity contribution in [3.63, 3.8) is 0 Å². The maximum absolute atomic E-state index is 12.3. The summed E-state index contributed by atoms with van der Waals surface area (Å²) in [6, 6.07) is 7.30. The molecule has 2 heterocycles. The van der Waals surface area contributed by atoms with Gasteiger partial charge in [-0.3, -0.25) is 0 Å². The molecule has 2 amide bonds. The SMILES string of the molecule is COc1cccc2cc([C@@H](C)NC(=O)N(C)C[C@H]3CCCO3)oc12. The number of methoxy groups -OCH3 is 1. The van der Waals surface area contributed by atoms with Crippen molar-refractivity contribution in [2.24, 2.45) is 0 Å². The van der Waals surface area contributed by atoms with E-state index >= 15 is 0 Å². The van der Waals surface area contributed by atoms with Crippen molar-refractivity contribution in [1.29, 1.82) is 0 Å². The molecule has 2 aromatic rings. The number of fused-ring (bicyclic) bond motifs is 1. The van der Waals surface area contributed by atoms with E-state index in [0.717, 1.165) is 24.8 Å². The summed E-state index contributed by atoms with van der Waals surface area (Å²) in [5.74, 6) is 1.39. The van der Waals surface area contributed by atoms with Gasteiger partial charge < -0.3 is 24.1 Å². The second kappa shape index (κ2) is 7.13. The molecule has 2 atom stereocenters. The zero-order valence-corrected chi connectivity index (χ0v) is 14.4. The summed E-state index contributed by atoms with van der Waals surface area (Å²) in [4.78, 5) is 14.0. The molecule has 130 valence electrons. The minimum atomic E-state index is -0.235. The number of para-hydroxylation sites is 1. The summed E-state index contributed by atoms with van der Waals surface area (Å²) in [5.41, 5.74) is 0.698. The van der Waals surface area contributed by atoms with Gasteiger partial charge in [-0.1, -0.05) is 12.1 Å². The molecule has 6 nitrogen and oxygen atoms in total. The van der Waals surface area contributed by atoms with Gasteiger partial charge in [0, 0.05) is 25.6 Å². The average molecular weight is 332 g/mol. The van der Waals surface area contributed by atoms with Gasteiger partial charge in [0.2, 0.25) is 0 Å². The van der Waals surface area contributed by atoms with Crippen molar-refractivity contribution in [3.05, 3.63) is 30.0 Å². The van der Waals surface area contributed by atoms with Crippen LogP contribution in [0.25, 0.3) is 11.0 Å². The molecule has 1 aromatic carbocycles. The van der Waals surface area contributed by atoms with Crippen molar-refractivity contribution in [2.75, 3.05) is 27.3 Å². The van der Waals surface area contributed by atoms with E-state index in [1.54, 1.807) is 19.1 Å². The van der Waals surface area contributed by atoms with Crippen LogP contribution in [0.4, 0.5) is 4.79 Å². The van der Waals surface area contributed by atoms with E-state index in [1.807, 2.05) is 31.2 Å². The fourth-order valence-electron chi connectivity index (χ4n) is 2.97. The number of hydrogen-bond donors (Lipinski definition) is 1. The predicted octanol–water partition coefficient (Wildman–Crippen LogP) is 3.32. The Morgan fingerprint density at radius 2 is 2.33 bits per heavy atom. The van der Waals surface area contributed by atoms with Crippen molar-refractivity contribution in [1.82, 2.24) is 10.2 Å². The summed E-state index contributed by atoms with van der Waals surface area (Å²) >= 11 is 0.